The molecule has 0 spiro atoms. The molecule has 0 radical (unpaired) electrons. The highest BCUT2D eigenvalue weighted by Crippen LogP contribution is 2.31. The Morgan fingerprint density at radius 2 is 1.79 bits per heavy atom. The number of carbonyl (C=O) groups excluding carboxylic acids is 1. The van der Waals surface area contributed by atoms with Crippen LogP contribution in [-0.4, -0.2) is 17.6 Å². The van der Waals surface area contributed by atoms with Gasteiger partial charge in [-0.25, -0.2) is 0 Å². The van der Waals surface area contributed by atoms with Crippen molar-refractivity contribution in [2.24, 2.45) is 0 Å². The highest BCUT2D eigenvalue weighted by atomic mass is 16.5. The molecule has 4 aromatic rings. The molecule has 1 N–H and O–H groups in total. The number of nitrogens with zero attached hydrogens (tertiary/aromatic N) is 1. The number of carbonyl (C=O) groups is 1. The molecule has 148 valence electrons. The number of hydrogen-bond donors (Lipinski definition) is 1. The van der Waals surface area contributed by atoms with Crippen LogP contribution < -0.4 is 10.1 Å². The lowest BCUT2D eigenvalue weighted by Crippen LogP contribution is -2.12. The molecule has 0 saturated heterocycles. The van der Waals surface area contributed by atoms with Crippen molar-refractivity contribution in [2.45, 2.75) is 33.2 Å². The molecule has 0 unspecified atom stereocenters. The molecular weight excluding hydrogens is 360 g/mol. The minimum atomic E-state index is 0.0250. The van der Waals surface area contributed by atoms with Gasteiger partial charge in [0.1, 0.15) is 5.75 Å². The molecule has 1 amide bonds. The van der Waals surface area contributed by atoms with Crippen LogP contribution in [0.2, 0.25) is 0 Å². The second kappa shape index (κ2) is 8.00. The average Bonchev–Trinajstić information content (AvgIpc) is 3.05. The summed E-state index contributed by atoms with van der Waals surface area (Å²) >= 11 is 0. The van der Waals surface area contributed by atoms with Gasteiger partial charge in [-0.05, 0) is 61.7 Å². The number of methoxy groups -OCH3 is 1. The fraction of sp³-hybridized carbons (Fsp3) is 0.240. The maximum absolute atomic E-state index is 12.5. The lowest BCUT2D eigenvalue weighted by Gasteiger charge is -2.09. The number of hydrogen-bond acceptors (Lipinski definition) is 2. The Morgan fingerprint density at radius 1 is 1.00 bits per heavy atom. The van der Waals surface area contributed by atoms with Gasteiger partial charge in [-0.2, -0.15) is 0 Å². The van der Waals surface area contributed by atoms with Gasteiger partial charge in [0, 0.05) is 40.5 Å². The van der Waals surface area contributed by atoms with E-state index in [-0.39, 0.29) is 5.91 Å². The van der Waals surface area contributed by atoms with Crippen molar-refractivity contribution in [3.63, 3.8) is 0 Å². The normalized spacial score (nSPS) is 11.1. The van der Waals surface area contributed by atoms with Crippen LogP contribution in [0.1, 0.15) is 24.5 Å². The van der Waals surface area contributed by atoms with Crippen molar-refractivity contribution < 1.29 is 9.53 Å². The van der Waals surface area contributed by atoms with Gasteiger partial charge in [-0.3, -0.25) is 4.79 Å². The standard InChI is InChI=1S/C25H26N2O2/c1-4-27-22-8-6-5-7-20(22)21-16-19(11-12-23(21)27)26-25(28)14-10-18-9-13-24(29-3)17(2)15-18/h5-9,11-13,15-16H,4,10,14H2,1-3H3,(H,26,28). The largest absolute Gasteiger partial charge is 0.496 e. The zero-order valence-corrected chi connectivity index (χ0v) is 17.2. The second-order valence-electron chi connectivity index (χ2n) is 7.35. The maximum Gasteiger partial charge on any atom is 0.224 e. The van der Waals surface area contributed by atoms with E-state index in [0.717, 1.165) is 29.1 Å². The smallest absolute Gasteiger partial charge is 0.224 e. The van der Waals surface area contributed by atoms with E-state index in [1.54, 1.807) is 7.11 Å². The van der Waals surface area contributed by atoms with E-state index in [9.17, 15) is 4.79 Å². The minimum Gasteiger partial charge on any atom is -0.496 e. The molecule has 1 heterocycles. The fourth-order valence-electron chi connectivity index (χ4n) is 4.05. The van der Waals surface area contributed by atoms with Crippen LogP contribution in [0.4, 0.5) is 5.69 Å². The van der Waals surface area contributed by atoms with Crippen LogP contribution in [0, 0.1) is 6.92 Å². The van der Waals surface area contributed by atoms with E-state index >= 15 is 0 Å². The number of anilines is 1. The molecule has 0 atom stereocenters. The predicted molar refractivity (Wildman–Crippen MR) is 120 cm³/mol. The third-order valence-corrected chi connectivity index (χ3v) is 5.47. The average molecular weight is 386 g/mol. The number of nitrogens with one attached hydrogen (secondary N) is 1. The van der Waals surface area contributed by atoms with E-state index in [4.69, 9.17) is 4.74 Å². The van der Waals surface area contributed by atoms with Crippen molar-refractivity contribution in [3.8, 4) is 5.75 Å². The summed E-state index contributed by atoms with van der Waals surface area (Å²) in [4.78, 5) is 12.5. The summed E-state index contributed by atoms with van der Waals surface area (Å²) in [5, 5.41) is 5.45. The Morgan fingerprint density at radius 3 is 2.55 bits per heavy atom. The number of fused-ring (bicyclic) bond motifs is 3. The van der Waals surface area contributed by atoms with E-state index in [1.807, 2.05) is 25.1 Å². The third kappa shape index (κ3) is 3.70. The third-order valence-electron chi connectivity index (χ3n) is 5.47. The molecule has 4 rings (SSSR count). The summed E-state index contributed by atoms with van der Waals surface area (Å²) in [6.45, 7) is 5.09. The first-order valence-corrected chi connectivity index (χ1v) is 10.0. The van der Waals surface area contributed by atoms with Crippen LogP contribution in [-0.2, 0) is 17.8 Å². The summed E-state index contributed by atoms with van der Waals surface area (Å²) in [6, 6.07) is 20.6. The highest BCUT2D eigenvalue weighted by Gasteiger charge is 2.11. The Labute approximate surface area is 171 Å². The van der Waals surface area contributed by atoms with Gasteiger partial charge in [0.05, 0.1) is 7.11 Å². The number of rotatable bonds is 6. The monoisotopic (exact) mass is 386 g/mol. The van der Waals surface area contributed by atoms with Gasteiger partial charge in [-0.15, -0.1) is 0 Å². The Hall–Kier alpha value is -3.27. The summed E-state index contributed by atoms with van der Waals surface area (Å²) < 4.78 is 7.61. The van der Waals surface area contributed by atoms with Gasteiger partial charge in [0.25, 0.3) is 0 Å². The lowest BCUT2D eigenvalue weighted by atomic mass is 10.1. The highest BCUT2D eigenvalue weighted by molar-refractivity contribution is 6.09. The summed E-state index contributed by atoms with van der Waals surface area (Å²) in [5.74, 6) is 0.898. The molecule has 0 aliphatic rings. The minimum absolute atomic E-state index is 0.0250. The molecule has 0 fully saturated rings. The number of benzene rings is 3. The predicted octanol–water partition coefficient (Wildman–Crippen LogP) is 5.70. The topological polar surface area (TPSA) is 43.3 Å². The summed E-state index contributed by atoms with van der Waals surface area (Å²) in [5.41, 5.74) is 5.49. The molecule has 3 aromatic carbocycles. The van der Waals surface area contributed by atoms with Crippen LogP contribution in [0.3, 0.4) is 0 Å². The van der Waals surface area contributed by atoms with Gasteiger partial charge < -0.3 is 14.6 Å². The van der Waals surface area contributed by atoms with Crippen molar-refractivity contribution in [2.75, 3.05) is 12.4 Å². The molecule has 1 aromatic heterocycles. The van der Waals surface area contributed by atoms with Gasteiger partial charge in [0.2, 0.25) is 5.91 Å². The zero-order chi connectivity index (χ0) is 20.4. The van der Waals surface area contributed by atoms with Crippen LogP contribution >= 0.6 is 0 Å². The van der Waals surface area contributed by atoms with Gasteiger partial charge in [0.15, 0.2) is 0 Å². The molecule has 0 aliphatic carbocycles. The Kier molecular flexibility index (Phi) is 5.26. The van der Waals surface area contributed by atoms with Crippen LogP contribution in [0.25, 0.3) is 21.8 Å². The first kappa shape index (κ1) is 19.1. The Bertz CT molecular complexity index is 1190. The van der Waals surface area contributed by atoms with Crippen molar-refractivity contribution in [1.29, 1.82) is 0 Å². The number of aromatic nitrogens is 1. The van der Waals surface area contributed by atoms with Crippen LogP contribution in [0.5, 0.6) is 5.75 Å². The lowest BCUT2D eigenvalue weighted by molar-refractivity contribution is -0.116. The van der Waals surface area contributed by atoms with Crippen molar-refractivity contribution in [1.82, 2.24) is 4.57 Å². The summed E-state index contributed by atoms with van der Waals surface area (Å²) in [6.07, 6.45) is 1.15. The molecular formula is C25H26N2O2. The van der Waals surface area contributed by atoms with E-state index in [1.165, 1.54) is 21.8 Å². The van der Waals surface area contributed by atoms with Crippen molar-refractivity contribution >= 4 is 33.4 Å². The number of para-hydroxylation sites is 1. The number of amides is 1. The van der Waals surface area contributed by atoms with E-state index in [2.05, 4.69) is 59.3 Å². The number of aryl methyl sites for hydroxylation is 3. The number of ether oxygens (including phenoxy) is 1. The molecule has 29 heavy (non-hydrogen) atoms. The first-order valence-electron chi connectivity index (χ1n) is 10.0. The fourth-order valence-corrected chi connectivity index (χ4v) is 4.05. The van der Waals surface area contributed by atoms with E-state index in [0.29, 0.717) is 12.8 Å². The van der Waals surface area contributed by atoms with Gasteiger partial charge in [-0.1, -0.05) is 30.3 Å². The molecule has 0 bridgehead atoms. The second-order valence-corrected chi connectivity index (χ2v) is 7.35. The van der Waals surface area contributed by atoms with Crippen molar-refractivity contribution in [3.05, 3.63) is 71.8 Å². The van der Waals surface area contributed by atoms with Crippen LogP contribution in [0.15, 0.2) is 60.7 Å². The molecule has 4 nitrogen and oxygen atoms in total. The molecule has 0 saturated carbocycles. The van der Waals surface area contributed by atoms with Gasteiger partial charge >= 0.3 is 0 Å². The molecule has 4 heteroatoms. The summed E-state index contributed by atoms with van der Waals surface area (Å²) in [7, 11) is 1.67. The SMILES string of the molecule is CCn1c2ccccc2c2cc(NC(=O)CCc3ccc(OC)c(C)c3)ccc21. The quantitative estimate of drug-likeness (QED) is 0.462. The zero-order valence-electron chi connectivity index (χ0n) is 17.2. The molecule has 0 aliphatic heterocycles. The maximum atomic E-state index is 12.5. The van der Waals surface area contributed by atoms with E-state index < -0.39 is 0 Å². The Balaban J connectivity index is 1.51. The first-order chi connectivity index (χ1) is 14.1.